The van der Waals surface area contributed by atoms with Crippen LogP contribution in [0.15, 0.2) is 60.7 Å². The third-order valence-electron chi connectivity index (χ3n) is 11.9. The number of ether oxygens (including phenoxy) is 2. The number of piperidine rings is 2. The average Bonchev–Trinajstić information content (AvgIpc) is 3.44. The number of ketones is 1. The van der Waals surface area contributed by atoms with E-state index < -0.39 is 12.0 Å². The molecule has 3 amide bonds. The van der Waals surface area contributed by atoms with E-state index in [2.05, 4.69) is 17.4 Å². The molecule has 0 radical (unpaired) electrons. The molecule has 4 saturated heterocycles. The summed E-state index contributed by atoms with van der Waals surface area (Å²) in [5.74, 6) is 0.587. The van der Waals surface area contributed by atoms with E-state index >= 15 is 0 Å². The quantitative estimate of drug-likeness (QED) is 0.206. The summed E-state index contributed by atoms with van der Waals surface area (Å²) in [6.07, 6.45) is 9.50. The summed E-state index contributed by atoms with van der Waals surface area (Å²) in [4.78, 5) is 61.0. The van der Waals surface area contributed by atoms with Gasteiger partial charge in [-0.15, -0.1) is 23.5 Å². The molecular formula is C43H59N3O6S2. The second kappa shape index (κ2) is 20.3. The first-order valence-corrected chi connectivity index (χ1v) is 22.2. The van der Waals surface area contributed by atoms with E-state index in [0.29, 0.717) is 51.7 Å². The minimum atomic E-state index is -0.591. The molecule has 0 saturated carbocycles. The lowest BCUT2D eigenvalue weighted by molar-refractivity contribution is -0.144. The number of benzene rings is 2. The molecule has 11 heteroatoms. The van der Waals surface area contributed by atoms with Gasteiger partial charge in [-0.1, -0.05) is 60.7 Å². The molecule has 9 nitrogen and oxygen atoms in total. The molecule has 2 aromatic rings. The highest BCUT2D eigenvalue weighted by atomic mass is 32.2. The predicted molar refractivity (Wildman–Crippen MR) is 216 cm³/mol. The molecule has 4 aliphatic heterocycles. The first kappa shape index (κ1) is 40.8. The Morgan fingerprint density at radius 1 is 0.704 bits per heavy atom. The zero-order valence-electron chi connectivity index (χ0n) is 32.1. The van der Waals surface area contributed by atoms with Gasteiger partial charge in [-0.25, -0.2) is 0 Å². The van der Waals surface area contributed by atoms with Crippen molar-refractivity contribution in [2.45, 2.75) is 112 Å². The number of nitrogens with zero attached hydrogens (tertiary/aromatic N) is 2. The second-order valence-electron chi connectivity index (χ2n) is 15.6. The van der Waals surface area contributed by atoms with Gasteiger partial charge in [0, 0.05) is 38.4 Å². The molecule has 0 unspecified atom stereocenters. The van der Waals surface area contributed by atoms with Crippen molar-refractivity contribution in [2.24, 2.45) is 17.8 Å². The number of amides is 3. The monoisotopic (exact) mass is 777 g/mol. The zero-order chi connectivity index (χ0) is 37.9. The number of nitrogens with one attached hydrogen (secondary N) is 1. The average molecular weight is 778 g/mol. The highest BCUT2D eigenvalue weighted by molar-refractivity contribution is 8.00. The van der Waals surface area contributed by atoms with Crippen LogP contribution < -0.4 is 5.32 Å². The van der Waals surface area contributed by atoms with Crippen molar-refractivity contribution in [3.8, 4) is 0 Å². The summed E-state index contributed by atoms with van der Waals surface area (Å²) in [5.41, 5.74) is 2.12. The summed E-state index contributed by atoms with van der Waals surface area (Å²) in [6.45, 7) is 1.01. The maximum absolute atomic E-state index is 14.4. The van der Waals surface area contributed by atoms with Crippen molar-refractivity contribution >= 4 is 47.0 Å². The zero-order valence-corrected chi connectivity index (χ0v) is 33.7. The predicted octanol–water partition coefficient (Wildman–Crippen LogP) is 6.53. The molecular weight excluding hydrogens is 719 g/mol. The molecule has 0 bridgehead atoms. The van der Waals surface area contributed by atoms with Crippen LogP contribution in [0.3, 0.4) is 0 Å². The van der Waals surface area contributed by atoms with Gasteiger partial charge in [-0.2, -0.15) is 0 Å². The molecule has 8 atom stereocenters. The number of fused-ring (bicyclic) bond motifs is 2. The second-order valence-corrected chi connectivity index (χ2v) is 18.2. The van der Waals surface area contributed by atoms with Crippen LogP contribution in [0.1, 0.15) is 81.8 Å². The molecule has 54 heavy (non-hydrogen) atoms. The number of thioether (sulfide) groups is 2. The Morgan fingerprint density at radius 3 is 1.80 bits per heavy atom. The lowest BCUT2D eigenvalue weighted by Crippen LogP contribution is -2.56. The van der Waals surface area contributed by atoms with Gasteiger partial charge in [0.25, 0.3) is 0 Å². The Morgan fingerprint density at radius 2 is 1.22 bits per heavy atom. The van der Waals surface area contributed by atoms with Crippen molar-refractivity contribution < 1.29 is 28.7 Å². The summed E-state index contributed by atoms with van der Waals surface area (Å²) >= 11 is 3.66. The molecule has 1 N–H and O–H groups in total. The van der Waals surface area contributed by atoms with Gasteiger partial charge in [0.2, 0.25) is 17.7 Å². The Bertz CT molecular complexity index is 1410. The highest BCUT2D eigenvalue weighted by Crippen LogP contribution is 2.38. The Kier molecular flexibility index (Phi) is 15.4. The van der Waals surface area contributed by atoms with E-state index in [9.17, 15) is 19.2 Å². The van der Waals surface area contributed by atoms with Gasteiger partial charge >= 0.3 is 0 Å². The normalized spacial score (nSPS) is 27.2. The molecule has 0 spiro atoms. The van der Waals surface area contributed by atoms with E-state index in [1.54, 1.807) is 14.2 Å². The number of Topliss-reactive ketones (excluding diaryl/α,β-unsaturated/α-hetero) is 1. The van der Waals surface area contributed by atoms with Crippen molar-refractivity contribution in [3.05, 3.63) is 71.8 Å². The number of methoxy groups -OCH3 is 2. The van der Waals surface area contributed by atoms with Gasteiger partial charge in [0.1, 0.15) is 11.8 Å². The molecule has 4 heterocycles. The summed E-state index contributed by atoms with van der Waals surface area (Å²) in [7, 11) is 3.37. The van der Waals surface area contributed by atoms with Crippen LogP contribution in [-0.4, -0.2) is 101 Å². The molecule has 2 aromatic carbocycles. The van der Waals surface area contributed by atoms with Crippen molar-refractivity contribution in [1.29, 1.82) is 0 Å². The Hall–Kier alpha value is -2.86. The van der Waals surface area contributed by atoms with Gasteiger partial charge < -0.3 is 24.6 Å². The van der Waals surface area contributed by atoms with Crippen LogP contribution >= 0.6 is 23.5 Å². The van der Waals surface area contributed by atoms with Crippen molar-refractivity contribution in [2.75, 3.05) is 38.9 Å². The fraction of sp³-hybridized carbons (Fsp3) is 0.628. The van der Waals surface area contributed by atoms with Crippen LogP contribution in [0.25, 0.3) is 0 Å². The highest BCUT2D eigenvalue weighted by Gasteiger charge is 2.42. The molecule has 0 aromatic heterocycles. The summed E-state index contributed by atoms with van der Waals surface area (Å²) in [6, 6.07) is 19.5. The van der Waals surface area contributed by atoms with Crippen LogP contribution in [0, 0.1) is 17.8 Å². The fourth-order valence-corrected chi connectivity index (χ4v) is 11.9. The Balaban J connectivity index is 1.19. The number of carbonyl (C=O) groups is 4. The third kappa shape index (κ3) is 10.5. The minimum Gasteiger partial charge on any atom is -0.383 e. The lowest BCUT2D eigenvalue weighted by atomic mass is 9.82. The number of hydrogen-bond donors (Lipinski definition) is 1. The van der Waals surface area contributed by atoms with Crippen molar-refractivity contribution in [1.82, 2.24) is 15.1 Å². The Labute approximate surface area is 330 Å². The SMILES string of the molecule is COC[C@@H]1CCC[C@@H]2SCC[C@H](CC(=O)[C@H](CC[C@H](Cc3ccccc3)C(=O)N[C@H]3CCS[C@H]4CCC[C@@H](COC)N4C3=O)Cc3ccccc3)C(=O)N12. The molecule has 294 valence electrons. The van der Waals surface area contributed by atoms with E-state index in [1.165, 1.54) is 0 Å². The first-order chi connectivity index (χ1) is 26.4. The number of hydrogen-bond acceptors (Lipinski definition) is 8. The maximum Gasteiger partial charge on any atom is 0.246 e. The van der Waals surface area contributed by atoms with Gasteiger partial charge in [0.05, 0.1) is 36.0 Å². The smallest absolute Gasteiger partial charge is 0.246 e. The fourth-order valence-electron chi connectivity index (χ4n) is 9.00. The van der Waals surface area contributed by atoms with Crippen LogP contribution in [-0.2, 0) is 41.5 Å². The number of rotatable bonds is 16. The van der Waals surface area contributed by atoms with Crippen LogP contribution in [0.5, 0.6) is 0 Å². The number of carbonyl (C=O) groups excluding carboxylic acids is 4. The molecule has 4 fully saturated rings. The third-order valence-corrected chi connectivity index (χ3v) is 14.5. The van der Waals surface area contributed by atoms with Crippen LogP contribution in [0.2, 0.25) is 0 Å². The van der Waals surface area contributed by atoms with Crippen molar-refractivity contribution in [3.63, 3.8) is 0 Å². The summed E-state index contributed by atoms with van der Waals surface area (Å²) in [5, 5.41) is 3.48. The lowest BCUT2D eigenvalue weighted by Gasteiger charge is -2.41. The van der Waals surface area contributed by atoms with Gasteiger partial charge in [-0.05, 0) is 99.7 Å². The summed E-state index contributed by atoms with van der Waals surface area (Å²) < 4.78 is 11.0. The molecule has 0 aliphatic carbocycles. The molecule has 6 rings (SSSR count). The maximum atomic E-state index is 14.4. The van der Waals surface area contributed by atoms with E-state index in [0.717, 1.165) is 61.2 Å². The van der Waals surface area contributed by atoms with E-state index in [4.69, 9.17) is 9.47 Å². The van der Waals surface area contributed by atoms with E-state index in [-0.39, 0.29) is 64.6 Å². The van der Waals surface area contributed by atoms with Gasteiger partial charge in [-0.3, -0.25) is 19.2 Å². The van der Waals surface area contributed by atoms with Crippen LogP contribution in [0.4, 0.5) is 0 Å². The minimum absolute atomic E-state index is 0.00870. The first-order valence-electron chi connectivity index (χ1n) is 20.1. The van der Waals surface area contributed by atoms with E-state index in [1.807, 2.05) is 81.9 Å². The standard InChI is InChI=1S/C43H59N3O6S2/c1-51-28-35-15-9-17-39-45(35)42(49)34(21-23-53-39)27-38(47)32(25-30-11-5-3-6-12-30)19-20-33(26-31-13-7-4-8-14-31)41(48)44-37-22-24-54-40-18-10-16-36(29-52-2)46(40)43(37)50/h3-8,11-14,32-37,39-40H,9-10,15-29H2,1-2H3,(H,44,48)/t32-,33-,34-,35+,36+,37+,39+,40+/m1/s1. The largest absolute Gasteiger partial charge is 0.383 e. The topological polar surface area (TPSA) is 105 Å². The molecule has 4 aliphatic rings. The van der Waals surface area contributed by atoms with Gasteiger partial charge in [0.15, 0.2) is 0 Å².